The summed E-state index contributed by atoms with van der Waals surface area (Å²) in [5.74, 6) is 0.364. The number of carbonyl (C=O) groups is 2. The fourth-order valence-corrected chi connectivity index (χ4v) is 2.55. The van der Waals surface area contributed by atoms with Crippen LogP contribution in [0.5, 0.6) is 11.5 Å². The van der Waals surface area contributed by atoms with E-state index in [1.807, 2.05) is 0 Å². The second-order valence-electron chi connectivity index (χ2n) is 8.62. The summed E-state index contributed by atoms with van der Waals surface area (Å²) in [4.78, 5) is 24.6. The molecule has 1 aliphatic rings. The van der Waals surface area contributed by atoms with E-state index in [0.29, 0.717) is 11.5 Å². The zero-order valence-electron chi connectivity index (χ0n) is 17.2. The van der Waals surface area contributed by atoms with Gasteiger partial charge in [-0.3, -0.25) is 0 Å². The van der Waals surface area contributed by atoms with Crippen molar-refractivity contribution in [3.05, 3.63) is 23.8 Å². The number of hydrogen-bond acceptors (Lipinski definition) is 7. The molecule has 0 aromatic heterocycles. The van der Waals surface area contributed by atoms with Crippen LogP contribution in [0.3, 0.4) is 0 Å². The van der Waals surface area contributed by atoms with Gasteiger partial charge in [-0.1, -0.05) is 6.07 Å². The van der Waals surface area contributed by atoms with Gasteiger partial charge in [0.25, 0.3) is 0 Å². The zero-order chi connectivity index (χ0) is 21.1. The maximum absolute atomic E-state index is 12.3. The number of aliphatic hydroxyl groups excluding tert-OH is 1. The second kappa shape index (κ2) is 8.26. The molecule has 8 heteroatoms. The Kier molecular flexibility index (Phi) is 6.44. The molecule has 8 nitrogen and oxygen atoms in total. The van der Waals surface area contributed by atoms with E-state index in [2.05, 4.69) is 5.32 Å². The lowest BCUT2D eigenvalue weighted by Gasteiger charge is -2.28. The van der Waals surface area contributed by atoms with Crippen LogP contribution in [0.2, 0.25) is 0 Å². The van der Waals surface area contributed by atoms with Crippen molar-refractivity contribution in [3.8, 4) is 11.5 Å². The van der Waals surface area contributed by atoms with Crippen molar-refractivity contribution in [2.75, 3.05) is 6.79 Å². The van der Waals surface area contributed by atoms with Crippen molar-refractivity contribution in [2.45, 2.75) is 71.3 Å². The van der Waals surface area contributed by atoms with E-state index in [1.54, 1.807) is 59.7 Å². The molecule has 2 rings (SSSR count). The largest absolute Gasteiger partial charge is 0.458 e. The quantitative estimate of drug-likeness (QED) is 0.739. The Labute approximate surface area is 165 Å². The van der Waals surface area contributed by atoms with Crippen LogP contribution in [0.1, 0.15) is 47.1 Å². The Morgan fingerprint density at radius 2 is 1.68 bits per heavy atom. The molecule has 156 valence electrons. The fourth-order valence-electron chi connectivity index (χ4n) is 2.55. The summed E-state index contributed by atoms with van der Waals surface area (Å²) in [6.45, 7) is 10.4. The Morgan fingerprint density at radius 3 is 2.29 bits per heavy atom. The molecule has 0 saturated heterocycles. The van der Waals surface area contributed by atoms with Crippen molar-refractivity contribution < 1.29 is 33.6 Å². The number of esters is 1. The van der Waals surface area contributed by atoms with Gasteiger partial charge in [-0.05, 0) is 65.7 Å². The van der Waals surface area contributed by atoms with E-state index < -0.39 is 35.4 Å². The number of carbonyl (C=O) groups excluding carboxylic acids is 2. The topological polar surface area (TPSA) is 103 Å². The third-order valence-electron chi connectivity index (χ3n) is 3.62. The van der Waals surface area contributed by atoms with Crippen LogP contribution < -0.4 is 14.8 Å². The highest BCUT2D eigenvalue weighted by molar-refractivity contribution is 5.77. The number of alkyl carbamates (subject to hydrolysis) is 1. The average Bonchev–Trinajstić information content (AvgIpc) is 2.97. The van der Waals surface area contributed by atoms with Crippen LogP contribution in [-0.4, -0.2) is 47.3 Å². The molecule has 0 saturated carbocycles. The van der Waals surface area contributed by atoms with Gasteiger partial charge in [-0.25, -0.2) is 9.59 Å². The molecule has 0 aliphatic carbocycles. The van der Waals surface area contributed by atoms with Crippen LogP contribution >= 0.6 is 0 Å². The molecule has 1 aromatic rings. The Balaban J connectivity index is 2.17. The molecule has 0 radical (unpaired) electrons. The first-order valence-corrected chi connectivity index (χ1v) is 9.13. The van der Waals surface area contributed by atoms with Crippen LogP contribution in [0, 0.1) is 0 Å². The number of aliphatic hydroxyl groups is 1. The van der Waals surface area contributed by atoms with Gasteiger partial charge < -0.3 is 29.4 Å². The number of nitrogens with one attached hydrogen (secondary N) is 1. The SMILES string of the molecule is CC(C)(C)OC(=O)NC(Cc1ccc2c(c1)OCO2)C(O)C(=O)OC(C)(C)C. The smallest absolute Gasteiger partial charge is 0.407 e. The van der Waals surface area contributed by atoms with Gasteiger partial charge in [0.05, 0.1) is 6.04 Å². The highest BCUT2D eigenvalue weighted by Gasteiger charge is 2.33. The van der Waals surface area contributed by atoms with Crippen molar-refractivity contribution in [3.63, 3.8) is 0 Å². The molecule has 2 unspecified atom stereocenters. The minimum Gasteiger partial charge on any atom is -0.458 e. The van der Waals surface area contributed by atoms with Gasteiger partial charge >= 0.3 is 12.1 Å². The van der Waals surface area contributed by atoms with E-state index >= 15 is 0 Å². The predicted molar refractivity (Wildman–Crippen MR) is 101 cm³/mol. The summed E-state index contributed by atoms with van der Waals surface area (Å²) in [6.07, 6.45) is -2.14. The molecule has 1 aliphatic heterocycles. The molecule has 1 aromatic carbocycles. The molecule has 2 N–H and O–H groups in total. The highest BCUT2D eigenvalue weighted by Crippen LogP contribution is 2.33. The normalized spacial score (nSPS) is 15.5. The van der Waals surface area contributed by atoms with Gasteiger partial charge in [0, 0.05) is 0 Å². The molecule has 1 amide bonds. The van der Waals surface area contributed by atoms with Crippen molar-refractivity contribution in [2.24, 2.45) is 0 Å². The molecular formula is C20H29NO7. The number of amides is 1. The Hall–Kier alpha value is -2.48. The van der Waals surface area contributed by atoms with Gasteiger partial charge in [-0.2, -0.15) is 0 Å². The first-order valence-electron chi connectivity index (χ1n) is 9.13. The summed E-state index contributed by atoms with van der Waals surface area (Å²) in [7, 11) is 0. The fraction of sp³-hybridized carbons (Fsp3) is 0.600. The number of hydrogen-bond donors (Lipinski definition) is 2. The van der Waals surface area contributed by atoms with E-state index in [4.69, 9.17) is 18.9 Å². The van der Waals surface area contributed by atoms with E-state index in [1.165, 1.54) is 0 Å². The second-order valence-corrected chi connectivity index (χ2v) is 8.62. The van der Waals surface area contributed by atoms with E-state index in [9.17, 15) is 14.7 Å². The number of rotatable bonds is 5. The van der Waals surface area contributed by atoms with Gasteiger partial charge in [-0.15, -0.1) is 0 Å². The Morgan fingerprint density at radius 1 is 1.07 bits per heavy atom. The molecule has 0 spiro atoms. The summed E-state index contributed by atoms with van der Waals surface area (Å²) in [5.41, 5.74) is -0.745. The maximum atomic E-state index is 12.3. The third-order valence-corrected chi connectivity index (χ3v) is 3.62. The lowest BCUT2D eigenvalue weighted by molar-refractivity contribution is -0.166. The number of fused-ring (bicyclic) bond motifs is 1. The van der Waals surface area contributed by atoms with Crippen molar-refractivity contribution in [1.29, 1.82) is 0 Å². The minimum atomic E-state index is -1.57. The minimum absolute atomic E-state index is 0.138. The van der Waals surface area contributed by atoms with Gasteiger partial charge in [0.15, 0.2) is 17.6 Å². The van der Waals surface area contributed by atoms with E-state index in [0.717, 1.165) is 5.56 Å². The van der Waals surface area contributed by atoms with E-state index in [-0.39, 0.29) is 13.2 Å². The molecular weight excluding hydrogens is 366 g/mol. The molecule has 1 heterocycles. The van der Waals surface area contributed by atoms with Crippen LogP contribution in [0.4, 0.5) is 4.79 Å². The first kappa shape index (κ1) is 21.8. The van der Waals surface area contributed by atoms with Gasteiger partial charge in [0.1, 0.15) is 11.2 Å². The third kappa shape index (κ3) is 6.60. The monoisotopic (exact) mass is 395 g/mol. The average molecular weight is 395 g/mol. The van der Waals surface area contributed by atoms with Crippen molar-refractivity contribution >= 4 is 12.1 Å². The molecule has 0 fully saturated rings. The number of benzene rings is 1. The lowest BCUT2D eigenvalue weighted by Crippen LogP contribution is -2.51. The Bertz CT molecular complexity index is 718. The van der Waals surface area contributed by atoms with Crippen LogP contribution in [-0.2, 0) is 20.7 Å². The molecule has 2 atom stereocenters. The standard InChI is InChI=1S/C20H29NO7/c1-19(2,3)27-17(23)16(22)13(21-18(24)28-20(4,5)6)9-12-7-8-14-15(10-12)26-11-25-14/h7-8,10,13,16,22H,9,11H2,1-6H3,(H,21,24). The van der Waals surface area contributed by atoms with Crippen molar-refractivity contribution in [1.82, 2.24) is 5.32 Å². The summed E-state index contributed by atoms with van der Waals surface area (Å²) in [5, 5.41) is 13.1. The molecule has 28 heavy (non-hydrogen) atoms. The first-order chi connectivity index (χ1) is 12.8. The predicted octanol–water partition coefficient (Wildman–Crippen LogP) is 2.55. The summed E-state index contributed by atoms with van der Waals surface area (Å²) < 4.78 is 21.1. The van der Waals surface area contributed by atoms with Crippen LogP contribution in [0.25, 0.3) is 0 Å². The summed E-state index contributed by atoms with van der Waals surface area (Å²) >= 11 is 0. The molecule has 0 bridgehead atoms. The van der Waals surface area contributed by atoms with Gasteiger partial charge in [0.2, 0.25) is 6.79 Å². The highest BCUT2D eigenvalue weighted by atomic mass is 16.7. The lowest BCUT2D eigenvalue weighted by atomic mass is 10.0. The maximum Gasteiger partial charge on any atom is 0.407 e. The summed E-state index contributed by atoms with van der Waals surface area (Å²) in [6, 6.07) is 4.31. The number of ether oxygens (including phenoxy) is 4. The zero-order valence-corrected chi connectivity index (χ0v) is 17.2. The van der Waals surface area contributed by atoms with Crippen LogP contribution in [0.15, 0.2) is 18.2 Å².